The largest absolute Gasteiger partial charge is 0.493 e. The van der Waals surface area contributed by atoms with Crippen molar-refractivity contribution in [3.63, 3.8) is 0 Å². The van der Waals surface area contributed by atoms with Gasteiger partial charge in [-0.25, -0.2) is 0 Å². The zero-order valence-corrected chi connectivity index (χ0v) is 9.10. The highest BCUT2D eigenvalue weighted by atomic mass is 16.5. The summed E-state index contributed by atoms with van der Waals surface area (Å²) in [6, 6.07) is 11.0. The predicted molar refractivity (Wildman–Crippen MR) is 61.4 cm³/mol. The molecule has 0 aliphatic rings. The van der Waals surface area contributed by atoms with Gasteiger partial charge in [-0.3, -0.25) is 0 Å². The number of allylic oxidation sites excluding steroid dienone is 1. The van der Waals surface area contributed by atoms with Crippen LogP contribution in [0.5, 0.6) is 5.75 Å². The van der Waals surface area contributed by atoms with Gasteiger partial charge in [0.1, 0.15) is 23.5 Å². The van der Waals surface area contributed by atoms with Crippen molar-refractivity contribution in [1.29, 1.82) is 10.5 Å². The Labute approximate surface area is 95.2 Å². The highest BCUT2D eigenvalue weighted by Gasteiger charge is 2.01. The van der Waals surface area contributed by atoms with E-state index in [0.29, 0.717) is 12.4 Å². The molecule has 0 aliphatic carbocycles. The second-order valence-corrected chi connectivity index (χ2v) is 3.17. The molecule has 80 valence electrons. The lowest BCUT2D eigenvalue weighted by atomic mass is 10.1. The summed E-state index contributed by atoms with van der Waals surface area (Å²) >= 11 is 0. The van der Waals surface area contributed by atoms with Gasteiger partial charge in [-0.1, -0.05) is 25.1 Å². The first-order valence-corrected chi connectivity index (χ1v) is 5.05. The van der Waals surface area contributed by atoms with Crippen LogP contribution in [-0.2, 0) is 0 Å². The van der Waals surface area contributed by atoms with E-state index in [2.05, 4.69) is 0 Å². The molecule has 0 saturated carbocycles. The zero-order chi connectivity index (χ0) is 11.8. The second kappa shape index (κ2) is 6.27. The smallest absolute Gasteiger partial charge is 0.130 e. The molecular formula is C13H12N2O. The van der Waals surface area contributed by atoms with E-state index in [1.165, 1.54) is 6.08 Å². The summed E-state index contributed by atoms with van der Waals surface area (Å²) in [5, 5.41) is 17.3. The van der Waals surface area contributed by atoms with E-state index in [-0.39, 0.29) is 5.57 Å². The van der Waals surface area contributed by atoms with Gasteiger partial charge in [0.15, 0.2) is 0 Å². The van der Waals surface area contributed by atoms with Crippen molar-refractivity contribution in [1.82, 2.24) is 0 Å². The van der Waals surface area contributed by atoms with Gasteiger partial charge in [-0.2, -0.15) is 10.5 Å². The van der Waals surface area contributed by atoms with Gasteiger partial charge >= 0.3 is 0 Å². The molecular weight excluding hydrogens is 200 g/mol. The van der Waals surface area contributed by atoms with Gasteiger partial charge in [0.2, 0.25) is 0 Å². The van der Waals surface area contributed by atoms with Crippen LogP contribution in [0.1, 0.15) is 18.9 Å². The van der Waals surface area contributed by atoms with Gasteiger partial charge in [-0.05, 0) is 18.6 Å². The third-order valence-corrected chi connectivity index (χ3v) is 1.92. The van der Waals surface area contributed by atoms with Crippen LogP contribution in [0.4, 0.5) is 0 Å². The Morgan fingerprint density at radius 1 is 1.31 bits per heavy atom. The molecule has 0 atom stereocenters. The Balaban J connectivity index is 3.01. The maximum atomic E-state index is 8.67. The lowest BCUT2D eigenvalue weighted by Gasteiger charge is -2.07. The Kier molecular flexibility index (Phi) is 4.63. The van der Waals surface area contributed by atoms with Crippen LogP contribution in [0, 0.1) is 22.7 Å². The van der Waals surface area contributed by atoms with Crippen molar-refractivity contribution in [2.45, 2.75) is 13.3 Å². The lowest BCUT2D eigenvalue weighted by Crippen LogP contribution is -1.96. The molecule has 0 saturated heterocycles. The van der Waals surface area contributed by atoms with Crippen LogP contribution < -0.4 is 4.74 Å². The summed E-state index contributed by atoms with van der Waals surface area (Å²) in [5.41, 5.74) is 0.835. The summed E-state index contributed by atoms with van der Waals surface area (Å²) in [4.78, 5) is 0. The summed E-state index contributed by atoms with van der Waals surface area (Å²) in [5.74, 6) is 0.701. The van der Waals surface area contributed by atoms with E-state index in [0.717, 1.165) is 12.0 Å². The van der Waals surface area contributed by atoms with Crippen LogP contribution in [0.25, 0.3) is 6.08 Å². The minimum absolute atomic E-state index is 0.0764. The van der Waals surface area contributed by atoms with Crippen molar-refractivity contribution < 1.29 is 4.74 Å². The van der Waals surface area contributed by atoms with Gasteiger partial charge in [-0.15, -0.1) is 0 Å². The fourth-order valence-electron chi connectivity index (χ4n) is 1.19. The number of nitrogens with zero attached hydrogens (tertiary/aromatic N) is 2. The number of hydrogen-bond donors (Lipinski definition) is 0. The molecule has 1 aromatic carbocycles. The number of ether oxygens (including phenoxy) is 1. The fourth-order valence-corrected chi connectivity index (χ4v) is 1.19. The number of benzene rings is 1. The summed E-state index contributed by atoms with van der Waals surface area (Å²) in [7, 11) is 0. The Morgan fingerprint density at radius 2 is 2.00 bits per heavy atom. The first-order valence-electron chi connectivity index (χ1n) is 5.05. The first kappa shape index (κ1) is 11.8. The molecule has 16 heavy (non-hydrogen) atoms. The molecule has 0 radical (unpaired) electrons. The van der Waals surface area contributed by atoms with Crippen molar-refractivity contribution in [3.05, 3.63) is 35.4 Å². The molecule has 3 nitrogen and oxygen atoms in total. The van der Waals surface area contributed by atoms with Crippen LogP contribution in [0.3, 0.4) is 0 Å². The van der Waals surface area contributed by atoms with Gasteiger partial charge < -0.3 is 4.74 Å². The summed E-state index contributed by atoms with van der Waals surface area (Å²) < 4.78 is 5.51. The molecule has 0 aliphatic heterocycles. The predicted octanol–water partition coefficient (Wildman–Crippen LogP) is 2.91. The molecule has 0 bridgehead atoms. The van der Waals surface area contributed by atoms with Gasteiger partial charge in [0.25, 0.3) is 0 Å². The third-order valence-electron chi connectivity index (χ3n) is 1.92. The quantitative estimate of drug-likeness (QED) is 0.721. The normalized spacial score (nSPS) is 8.69. The number of hydrogen-bond acceptors (Lipinski definition) is 3. The maximum Gasteiger partial charge on any atom is 0.130 e. The van der Waals surface area contributed by atoms with E-state index in [4.69, 9.17) is 15.3 Å². The van der Waals surface area contributed by atoms with E-state index < -0.39 is 0 Å². The first-order chi connectivity index (χ1) is 7.81. The van der Waals surface area contributed by atoms with Crippen LogP contribution in [-0.4, -0.2) is 6.61 Å². The topological polar surface area (TPSA) is 56.8 Å². The van der Waals surface area contributed by atoms with Crippen molar-refractivity contribution in [2.24, 2.45) is 0 Å². The fraction of sp³-hybridized carbons (Fsp3) is 0.231. The van der Waals surface area contributed by atoms with E-state index in [9.17, 15) is 0 Å². The van der Waals surface area contributed by atoms with Crippen molar-refractivity contribution in [3.8, 4) is 17.9 Å². The Morgan fingerprint density at radius 3 is 2.62 bits per heavy atom. The minimum atomic E-state index is 0.0764. The van der Waals surface area contributed by atoms with Crippen LogP contribution >= 0.6 is 0 Å². The SMILES string of the molecule is CCCOc1ccccc1C=C(C#N)C#N. The van der Waals surface area contributed by atoms with Crippen LogP contribution in [0.15, 0.2) is 29.8 Å². The molecule has 0 aromatic heterocycles. The lowest BCUT2D eigenvalue weighted by molar-refractivity contribution is 0.317. The number of rotatable bonds is 4. The van der Waals surface area contributed by atoms with Gasteiger partial charge in [0.05, 0.1) is 6.61 Å². The summed E-state index contributed by atoms with van der Waals surface area (Å²) in [6.45, 7) is 2.65. The molecule has 1 aromatic rings. The minimum Gasteiger partial charge on any atom is -0.493 e. The average molecular weight is 212 g/mol. The standard InChI is InChI=1S/C13H12N2O/c1-2-7-16-13-6-4-3-5-12(13)8-11(9-14)10-15/h3-6,8H,2,7H2,1H3. The maximum absolute atomic E-state index is 8.67. The molecule has 0 spiro atoms. The Bertz CT molecular complexity index is 448. The molecule has 0 N–H and O–H groups in total. The third kappa shape index (κ3) is 3.15. The summed E-state index contributed by atoms with van der Waals surface area (Å²) in [6.07, 6.45) is 2.45. The molecule has 0 amide bonds. The highest BCUT2D eigenvalue weighted by molar-refractivity contribution is 5.66. The van der Waals surface area contributed by atoms with Crippen molar-refractivity contribution >= 4 is 6.08 Å². The van der Waals surface area contributed by atoms with Gasteiger partial charge in [0, 0.05) is 5.56 Å². The second-order valence-electron chi connectivity index (χ2n) is 3.17. The Hall–Kier alpha value is -2.26. The highest BCUT2D eigenvalue weighted by Crippen LogP contribution is 2.20. The number of para-hydroxylation sites is 1. The van der Waals surface area contributed by atoms with E-state index >= 15 is 0 Å². The molecule has 0 fully saturated rings. The monoisotopic (exact) mass is 212 g/mol. The molecule has 3 heteroatoms. The zero-order valence-electron chi connectivity index (χ0n) is 9.10. The van der Waals surface area contributed by atoms with E-state index in [1.807, 2.05) is 43.3 Å². The average Bonchev–Trinajstić information content (AvgIpc) is 2.34. The van der Waals surface area contributed by atoms with Crippen LogP contribution in [0.2, 0.25) is 0 Å². The molecule has 0 heterocycles. The molecule has 1 rings (SSSR count). The molecule has 0 unspecified atom stereocenters. The number of nitriles is 2. The van der Waals surface area contributed by atoms with E-state index in [1.54, 1.807) is 0 Å². The van der Waals surface area contributed by atoms with Crippen molar-refractivity contribution in [2.75, 3.05) is 6.61 Å².